The van der Waals surface area contributed by atoms with Crippen molar-refractivity contribution in [3.05, 3.63) is 53.2 Å². The summed E-state index contributed by atoms with van der Waals surface area (Å²) in [5.41, 5.74) is 1.31. The van der Waals surface area contributed by atoms with Gasteiger partial charge in [-0.25, -0.2) is 0 Å². The summed E-state index contributed by atoms with van der Waals surface area (Å²) < 4.78 is 1.35. The van der Waals surface area contributed by atoms with Gasteiger partial charge < -0.3 is 0 Å². The summed E-state index contributed by atoms with van der Waals surface area (Å²) in [5.74, 6) is 0. The van der Waals surface area contributed by atoms with Crippen molar-refractivity contribution in [2.75, 3.05) is 0 Å². The third-order valence-corrected chi connectivity index (χ3v) is 4.63. The molecule has 0 aliphatic carbocycles. The topological polar surface area (TPSA) is 0 Å². The largest absolute Gasteiger partial charge is 0.144 e. The number of rotatable bonds is 2. The molecule has 3 aromatic rings. The highest BCUT2D eigenvalue weighted by molar-refractivity contribution is 7.22. The molecule has 0 aliphatic heterocycles. The molecule has 0 nitrogen and oxygen atoms in total. The Bertz CT molecular complexity index is 610. The van der Waals surface area contributed by atoms with Gasteiger partial charge in [-0.15, -0.1) is 22.7 Å². The predicted molar refractivity (Wildman–Crippen MR) is 75.2 cm³/mol. The highest BCUT2D eigenvalue weighted by Gasteiger charge is 2.07. The second-order valence-corrected chi connectivity index (χ2v) is 5.58. The molecule has 1 aromatic carbocycles. The van der Waals surface area contributed by atoms with Gasteiger partial charge in [-0.05, 0) is 29.0 Å². The molecular weight excluding hydrogens is 232 g/mol. The van der Waals surface area contributed by atoms with Gasteiger partial charge in [0.25, 0.3) is 0 Å². The van der Waals surface area contributed by atoms with E-state index in [9.17, 15) is 0 Å². The molecule has 0 bridgehead atoms. The van der Waals surface area contributed by atoms with Crippen LogP contribution in [0.15, 0.2) is 48.4 Å². The summed E-state index contributed by atoms with van der Waals surface area (Å²) in [7, 11) is 0. The van der Waals surface area contributed by atoms with Crippen molar-refractivity contribution in [1.82, 2.24) is 0 Å². The smallest absolute Gasteiger partial charge is 0.0369 e. The summed E-state index contributed by atoms with van der Waals surface area (Å²) in [6, 6.07) is 12.9. The molecule has 0 fully saturated rings. The van der Waals surface area contributed by atoms with Gasteiger partial charge in [0.15, 0.2) is 0 Å². The van der Waals surface area contributed by atoms with Crippen LogP contribution in [0, 0.1) is 0 Å². The first kappa shape index (κ1) is 9.82. The third kappa shape index (κ3) is 1.51. The monoisotopic (exact) mass is 242 g/mol. The Morgan fingerprint density at radius 3 is 2.81 bits per heavy atom. The molecule has 0 aliphatic rings. The Morgan fingerprint density at radius 2 is 2.00 bits per heavy atom. The lowest BCUT2D eigenvalue weighted by molar-refractivity contribution is 1.84. The van der Waals surface area contributed by atoms with Gasteiger partial charge in [0, 0.05) is 20.0 Å². The zero-order chi connectivity index (χ0) is 11.0. The van der Waals surface area contributed by atoms with Crippen LogP contribution in [0.3, 0.4) is 0 Å². The van der Waals surface area contributed by atoms with Gasteiger partial charge >= 0.3 is 0 Å². The van der Waals surface area contributed by atoms with Gasteiger partial charge in [-0.1, -0.05) is 30.9 Å². The van der Waals surface area contributed by atoms with Gasteiger partial charge in [0.05, 0.1) is 0 Å². The SMILES string of the molecule is C=Cc1sccc1-c1cc2ccccc2s1. The molecule has 0 unspecified atom stereocenters. The summed E-state index contributed by atoms with van der Waals surface area (Å²) in [5, 5.41) is 3.44. The Labute approximate surface area is 102 Å². The van der Waals surface area contributed by atoms with Crippen LogP contribution in [0.4, 0.5) is 0 Å². The Balaban J connectivity index is 2.22. The molecule has 0 amide bonds. The van der Waals surface area contributed by atoms with Crippen molar-refractivity contribution in [2.45, 2.75) is 0 Å². The van der Waals surface area contributed by atoms with Crippen molar-refractivity contribution < 1.29 is 0 Å². The van der Waals surface area contributed by atoms with E-state index in [-0.39, 0.29) is 0 Å². The maximum atomic E-state index is 3.86. The van der Waals surface area contributed by atoms with Crippen LogP contribution in [0.5, 0.6) is 0 Å². The van der Waals surface area contributed by atoms with E-state index in [4.69, 9.17) is 0 Å². The van der Waals surface area contributed by atoms with Crippen LogP contribution in [0.1, 0.15) is 4.88 Å². The molecule has 3 rings (SSSR count). The fraction of sp³-hybridized carbons (Fsp3) is 0. The van der Waals surface area contributed by atoms with E-state index in [2.05, 4.69) is 48.4 Å². The zero-order valence-corrected chi connectivity index (χ0v) is 10.3. The van der Waals surface area contributed by atoms with E-state index in [0.29, 0.717) is 0 Å². The molecule has 0 radical (unpaired) electrons. The zero-order valence-electron chi connectivity index (χ0n) is 8.64. The Hall–Kier alpha value is -1.38. The highest BCUT2D eigenvalue weighted by atomic mass is 32.1. The average Bonchev–Trinajstić information content (AvgIpc) is 2.94. The Morgan fingerprint density at radius 1 is 1.12 bits per heavy atom. The van der Waals surface area contributed by atoms with Crippen LogP contribution in [0.25, 0.3) is 26.6 Å². The van der Waals surface area contributed by atoms with Crippen molar-refractivity contribution in [1.29, 1.82) is 0 Å². The molecule has 0 N–H and O–H groups in total. The number of fused-ring (bicyclic) bond motifs is 1. The van der Waals surface area contributed by atoms with Crippen LogP contribution >= 0.6 is 22.7 Å². The van der Waals surface area contributed by atoms with E-state index in [0.717, 1.165) is 0 Å². The number of hydrogen-bond acceptors (Lipinski definition) is 2. The molecule has 0 atom stereocenters. The van der Waals surface area contributed by atoms with Crippen molar-refractivity contribution in [2.24, 2.45) is 0 Å². The molecule has 16 heavy (non-hydrogen) atoms. The van der Waals surface area contributed by atoms with Crippen LogP contribution in [-0.4, -0.2) is 0 Å². The van der Waals surface area contributed by atoms with E-state index in [1.54, 1.807) is 11.3 Å². The number of thiophene rings is 2. The first-order valence-corrected chi connectivity index (χ1v) is 6.77. The van der Waals surface area contributed by atoms with Crippen molar-refractivity contribution >= 4 is 38.8 Å². The van der Waals surface area contributed by atoms with E-state index < -0.39 is 0 Å². The minimum Gasteiger partial charge on any atom is -0.144 e. The lowest BCUT2D eigenvalue weighted by Crippen LogP contribution is -1.67. The summed E-state index contributed by atoms with van der Waals surface area (Å²) in [6.45, 7) is 3.86. The molecule has 2 aromatic heterocycles. The standard InChI is InChI=1S/C14H10S2/c1-2-12-11(7-8-15-12)14-9-10-5-3-4-6-13(10)16-14/h2-9H,1H2. The molecule has 78 valence electrons. The Kier molecular flexibility index (Phi) is 2.39. The summed E-state index contributed by atoms with van der Waals surface area (Å²) >= 11 is 3.59. The van der Waals surface area contributed by atoms with Crippen LogP contribution < -0.4 is 0 Å². The number of hydrogen-bond donors (Lipinski definition) is 0. The van der Waals surface area contributed by atoms with Gasteiger partial charge in [-0.3, -0.25) is 0 Å². The van der Waals surface area contributed by atoms with Crippen molar-refractivity contribution in [3.8, 4) is 10.4 Å². The average molecular weight is 242 g/mol. The van der Waals surface area contributed by atoms with E-state index in [1.807, 2.05) is 17.4 Å². The highest BCUT2D eigenvalue weighted by Crippen LogP contribution is 2.37. The third-order valence-electron chi connectivity index (χ3n) is 2.57. The molecule has 0 spiro atoms. The summed E-state index contributed by atoms with van der Waals surface area (Å²) in [6.07, 6.45) is 1.93. The maximum Gasteiger partial charge on any atom is 0.0369 e. The normalized spacial score (nSPS) is 10.8. The molecule has 0 saturated carbocycles. The second kappa shape index (κ2) is 3.89. The fourth-order valence-corrected chi connectivity index (χ4v) is 3.72. The summed E-state index contributed by atoms with van der Waals surface area (Å²) in [4.78, 5) is 2.59. The molecule has 0 saturated heterocycles. The first-order valence-electron chi connectivity index (χ1n) is 5.07. The fourth-order valence-electron chi connectivity index (χ4n) is 1.80. The van der Waals surface area contributed by atoms with Gasteiger partial charge in [-0.2, -0.15) is 0 Å². The van der Waals surface area contributed by atoms with Crippen molar-refractivity contribution in [3.63, 3.8) is 0 Å². The molecule has 2 heterocycles. The van der Waals surface area contributed by atoms with E-state index >= 15 is 0 Å². The van der Waals surface area contributed by atoms with Gasteiger partial charge in [0.2, 0.25) is 0 Å². The predicted octanol–water partition coefficient (Wildman–Crippen LogP) is 5.27. The lowest BCUT2D eigenvalue weighted by Gasteiger charge is -1.93. The molecule has 2 heteroatoms. The van der Waals surface area contributed by atoms with Gasteiger partial charge in [0.1, 0.15) is 0 Å². The van der Waals surface area contributed by atoms with Crippen LogP contribution in [-0.2, 0) is 0 Å². The first-order chi connectivity index (χ1) is 7.88. The van der Waals surface area contributed by atoms with E-state index in [1.165, 1.54) is 25.4 Å². The second-order valence-electron chi connectivity index (χ2n) is 3.55. The minimum atomic E-state index is 1.26. The quantitative estimate of drug-likeness (QED) is 0.574. The van der Waals surface area contributed by atoms with Crippen LogP contribution in [0.2, 0.25) is 0 Å². The number of benzene rings is 1. The lowest BCUT2D eigenvalue weighted by atomic mass is 10.2. The minimum absolute atomic E-state index is 1.26. The molecular formula is C14H10S2. The maximum absolute atomic E-state index is 3.86.